The van der Waals surface area contributed by atoms with E-state index in [1.54, 1.807) is 6.07 Å². The minimum atomic E-state index is -4.18. The zero-order valence-electron chi connectivity index (χ0n) is 9.44. The predicted molar refractivity (Wildman–Crippen MR) is 54.9 cm³/mol. The van der Waals surface area contributed by atoms with Crippen molar-refractivity contribution in [3.8, 4) is 5.75 Å². The molecule has 1 aliphatic heterocycles. The maximum atomic E-state index is 13.6. The predicted octanol–water partition coefficient (Wildman–Crippen LogP) is 3.93. The van der Waals surface area contributed by atoms with Gasteiger partial charge in [0.15, 0.2) is 6.61 Å². The van der Waals surface area contributed by atoms with Gasteiger partial charge >= 0.3 is 11.8 Å². The van der Waals surface area contributed by atoms with Crippen LogP contribution in [0, 0.1) is 0 Å². The van der Waals surface area contributed by atoms with Gasteiger partial charge in [0.1, 0.15) is 5.75 Å². The number of hydrogen-bond donors (Lipinski definition) is 0. The highest BCUT2D eigenvalue weighted by Crippen LogP contribution is 2.50. The standard InChI is InChI=1S/C12H12F4O/c1-7(2)8-3-4-10-9(5-8)12(15,16)11(13,14)6-17-10/h3-5,7H,6H2,1-2H3. The molecule has 1 nitrogen and oxygen atoms in total. The number of benzene rings is 1. The Morgan fingerprint density at radius 1 is 1.18 bits per heavy atom. The van der Waals surface area contributed by atoms with Gasteiger partial charge in [0.2, 0.25) is 0 Å². The fraction of sp³-hybridized carbons (Fsp3) is 0.500. The monoisotopic (exact) mass is 248 g/mol. The summed E-state index contributed by atoms with van der Waals surface area (Å²) in [4.78, 5) is 0. The van der Waals surface area contributed by atoms with E-state index in [9.17, 15) is 17.6 Å². The summed E-state index contributed by atoms with van der Waals surface area (Å²) in [5, 5.41) is 0. The molecule has 0 atom stereocenters. The number of fused-ring (bicyclic) bond motifs is 1. The largest absolute Gasteiger partial charge is 0.487 e. The molecule has 0 bridgehead atoms. The van der Waals surface area contributed by atoms with Crippen LogP contribution >= 0.6 is 0 Å². The molecule has 0 radical (unpaired) electrons. The molecule has 1 aliphatic rings. The molecule has 0 amide bonds. The zero-order valence-corrected chi connectivity index (χ0v) is 9.44. The van der Waals surface area contributed by atoms with Gasteiger partial charge in [-0.1, -0.05) is 19.9 Å². The second kappa shape index (κ2) is 3.62. The summed E-state index contributed by atoms with van der Waals surface area (Å²) in [6, 6.07) is 4.05. The van der Waals surface area contributed by atoms with Gasteiger partial charge in [0.05, 0.1) is 5.56 Å². The fourth-order valence-electron chi connectivity index (χ4n) is 1.73. The molecular formula is C12H12F4O. The van der Waals surface area contributed by atoms with E-state index in [0.29, 0.717) is 5.56 Å². The van der Waals surface area contributed by atoms with Crippen molar-refractivity contribution in [3.63, 3.8) is 0 Å². The molecule has 0 aromatic heterocycles. The number of halogens is 4. The van der Waals surface area contributed by atoms with Crippen LogP contribution in [0.4, 0.5) is 17.6 Å². The molecule has 0 spiro atoms. The maximum Gasteiger partial charge on any atom is 0.347 e. The quantitative estimate of drug-likeness (QED) is 0.684. The average Bonchev–Trinajstić information content (AvgIpc) is 2.24. The molecule has 0 saturated carbocycles. The minimum absolute atomic E-state index is 0.00773. The van der Waals surface area contributed by atoms with Gasteiger partial charge in [-0.05, 0) is 23.6 Å². The molecule has 17 heavy (non-hydrogen) atoms. The summed E-state index contributed by atoms with van der Waals surface area (Å²) >= 11 is 0. The van der Waals surface area contributed by atoms with E-state index in [0.717, 1.165) is 6.07 Å². The third-order valence-corrected chi connectivity index (χ3v) is 2.88. The highest BCUT2D eigenvalue weighted by molar-refractivity contribution is 5.43. The average molecular weight is 248 g/mol. The lowest BCUT2D eigenvalue weighted by Gasteiger charge is -2.33. The first kappa shape index (κ1) is 12.2. The Morgan fingerprint density at radius 2 is 1.82 bits per heavy atom. The number of hydrogen-bond acceptors (Lipinski definition) is 1. The molecule has 1 aromatic rings. The lowest BCUT2D eigenvalue weighted by atomic mass is 9.93. The first-order valence-electron chi connectivity index (χ1n) is 5.28. The van der Waals surface area contributed by atoms with Crippen LogP contribution in [0.25, 0.3) is 0 Å². The third kappa shape index (κ3) is 1.77. The van der Waals surface area contributed by atoms with Crippen molar-refractivity contribution in [2.75, 3.05) is 6.61 Å². The second-order valence-corrected chi connectivity index (χ2v) is 4.48. The molecule has 1 heterocycles. The van der Waals surface area contributed by atoms with Crippen LogP contribution in [0.1, 0.15) is 30.9 Å². The van der Waals surface area contributed by atoms with Gasteiger partial charge in [-0.25, -0.2) is 0 Å². The van der Waals surface area contributed by atoms with E-state index in [1.165, 1.54) is 6.07 Å². The normalized spacial score (nSPS) is 20.9. The van der Waals surface area contributed by atoms with Crippen LogP contribution in [-0.2, 0) is 5.92 Å². The van der Waals surface area contributed by atoms with Crippen molar-refractivity contribution in [2.24, 2.45) is 0 Å². The minimum Gasteiger partial charge on any atom is -0.487 e. The lowest BCUT2D eigenvalue weighted by Crippen LogP contribution is -2.46. The topological polar surface area (TPSA) is 9.23 Å². The summed E-state index contributed by atoms with van der Waals surface area (Å²) in [5.41, 5.74) is -0.135. The number of ether oxygens (including phenoxy) is 1. The van der Waals surface area contributed by atoms with E-state index >= 15 is 0 Å². The molecule has 0 unspecified atom stereocenters. The van der Waals surface area contributed by atoms with Gasteiger partial charge in [-0.15, -0.1) is 0 Å². The van der Waals surface area contributed by atoms with E-state index in [1.807, 2.05) is 13.8 Å². The Labute approximate surface area is 96.4 Å². The van der Waals surface area contributed by atoms with Crippen LogP contribution < -0.4 is 4.74 Å². The molecule has 2 rings (SSSR count). The van der Waals surface area contributed by atoms with Crippen molar-refractivity contribution < 1.29 is 22.3 Å². The zero-order chi connectivity index (χ0) is 12.8. The summed E-state index contributed by atoms with van der Waals surface area (Å²) in [6.45, 7) is 2.33. The molecule has 0 saturated heterocycles. The Morgan fingerprint density at radius 3 is 2.41 bits per heavy atom. The molecular weight excluding hydrogens is 236 g/mol. The molecule has 0 aliphatic carbocycles. The molecule has 1 aromatic carbocycles. The smallest absolute Gasteiger partial charge is 0.347 e. The Hall–Kier alpha value is -1.26. The second-order valence-electron chi connectivity index (χ2n) is 4.48. The number of alkyl halides is 4. The number of rotatable bonds is 1. The van der Waals surface area contributed by atoms with E-state index in [4.69, 9.17) is 0 Å². The van der Waals surface area contributed by atoms with Crippen LogP contribution in [0.15, 0.2) is 18.2 Å². The van der Waals surface area contributed by atoms with Gasteiger partial charge in [0, 0.05) is 0 Å². The highest BCUT2D eigenvalue weighted by Gasteiger charge is 2.61. The van der Waals surface area contributed by atoms with Gasteiger partial charge in [0.25, 0.3) is 0 Å². The van der Waals surface area contributed by atoms with Crippen molar-refractivity contribution >= 4 is 0 Å². The highest BCUT2D eigenvalue weighted by atomic mass is 19.3. The summed E-state index contributed by atoms with van der Waals surface area (Å²) in [6.07, 6.45) is 0. The van der Waals surface area contributed by atoms with Gasteiger partial charge in [-0.3, -0.25) is 0 Å². The van der Waals surface area contributed by atoms with Gasteiger partial charge < -0.3 is 4.74 Å². The summed E-state index contributed by atoms with van der Waals surface area (Å²) < 4.78 is 58.1. The first-order valence-corrected chi connectivity index (χ1v) is 5.28. The fourth-order valence-corrected chi connectivity index (χ4v) is 1.73. The van der Waals surface area contributed by atoms with E-state index < -0.39 is 24.0 Å². The first-order chi connectivity index (χ1) is 7.75. The van der Waals surface area contributed by atoms with Crippen molar-refractivity contribution in [3.05, 3.63) is 29.3 Å². The van der Waals surface area contributed by atoms with Crippen molar-refractivity contribution in [2.45, 2.75) is 31.6 Å². The SMILES string of the molecule is CC(C)c1ccc2c(c1)C(F)(F)C(F)(F)CO2. The Kier molecular flexibility index (Phi) is 2.60. The van der Waals surface area contributed by atoms with Crippen LogP contribution in [-0.4, -0.2) is 12.5 Å². The van der Waals surface area contributed by atoms with Gasteiger partial charge in [-0.2, -0.15) is 17.6 Å². The van der Waals surface area contributed by atoms with Crippen molar-refractivity contribution in [1.82, 2.24) is 0 Å². The molecule has 94 valence electrons. The van der Waals surface area contributed by atoms with Crippen LogP contribution in [0.5, 0.6) is 5.75 Å². The Bertz CT molecular complexity index is 440. The lowest BCUT2D eigenvalue weighted by molar-refractivity contribution is -0.239. The molecule has 5 heteroatoms. The maximum absolute atomic E-state index is 13.6. The van der Waals surface area contributed by atoms with Crippen molar-refractivity contribution in [1.29, 1.82) is 0 Å². The van der Waals surface area contributed by atoms with E-state index in [2.05, 4.69) is 4.74 Å². The molecule has 0 fully saturated rings. The molecule has 0 N–H and O–H groups in total. The Balaban J connectivity index is 2.56. The van der Waals surface area contributed by atoms with Crippen LogP contribution in [0.2, 0.25) is 0 Å². The van der Waals surface area contributed by atoms with Crippen LogP contribution in [0.3, 0.4) is 0 Å². The summed E-state index contributed by atoms with van der Waals surface area (Å²) in [5.74, 6) is -8.50. The third-order valence-electron chi connectivity index (χ3n) is 2.88. The van der Waals surface area contributed by atoms with E-state index in [-0.39, 0.29) is 11.7 Å². The summed E-state index contributed by atoms with van der Waals surface area (Å²) in [7, 11) is 0.